The van der Waals surface area contributed by atoms with Crippen LogP contribution >= 0.6 is 0 Å². The lowest BCUT2D eigenvalue weighted by atomic mass is 9.97. The van der Waals surface area contributed by atoms with Gasteiger partial charge in [-0.3, -0.25) is 4.79 Å². The number of nitrogens with zero attached hydrogens (tertiary/aromatic N) is 1. The van der Waals surface area contributed by atoms with E-state index >= 15 is 0 Å². The fraction of sp³-hybridized carbons (Fsp3) is 0.292. The molecule has 2 aromatic carbocycles. The lowest BCUT2D eigenvalue weighted by Gasteiger charge is -2.31. The number of benzene rings is 2. The number of aromatic amines is 1. The van der Waals surface area contributed by atoms with Crippen LogP contribution in [-0.2, 0) is 14.8 Å². The molecule has 1 amide bonds. The summed E-state index contributed by atoms with van der Waals surface area (Å²) in [7, 11) is -3.78. The molecule has 2 heterocycles. The molecule has 1 aromatic heterocycles. The number of para-hydroxylation sites is 1. The van der Waals surface area contributed by atoms with Gasteiger partial charge in [0.25, 0.3) is 0 Å². The number of rotatable bonds is 6. The minimum atomic E-state index is -3.78. The van der Waals surface area contributed by atoms with E-state index in [9.17, 15) is 13.2 Å². The van der Waals surface area contributed by atoms with E-state index in [0.717, 1.165) is 17.5 Å². The van der Waals surface area contributed by atoms with Crippen LogP contribution in [0.25, 0.3) is 16.5 Å². The van der Waals surface area contributed by atoms with Crippen molar-refractivity contribution in [1.82, 2.24) is 14.6 Å². The smallest absolute Gasteiger partial charge is 0.241 e. The Morgan fingerprint density at radius 3 is 2.45 bits per heavy atom. The molecule has 0 aliphatic carbocycles. The Labute approximate surface area is 183 Å². The van der Waals surface area contributed by atoms with Crippen LogP contribution < -0.4 is 4.72 Å². The third-order valence-corrected chi connectivity index (χ3v) is 7.18. The molecule has 0 unspecified atom stereocenters. The van der Waals surface area contributed by atoms with Crippen LogP contribution in [0.2, 0.25) is 0 Å². The molecule has 1 aliphatic heterocycles. The number of hydrogen-bond acceptors (Lipinski definition) is 3. The molecule has 0 spiro atoms. The summed E-state index contributed by atoms with van der Waals surface area (Å²) >= 11 is 0. The largest absolute Gasteiger partial charge is 0.361 e. The van der Waals surface area contributed by atoms with Gasteiger partial charge in [0.15, 0.2) is 0 Å². The number of sulfonamides is 1. The highest BCUT2D eigenvalue weighted by molar-refractivity contribution is 7.89. The van der Waals surface area contributed by atoms with Crippen molar-refractivity contribution in [3.05, 3.63) is 72.4 Å². The summed E-state index contributed by atoms with van der Waals surface area (Å²) in [5, 5.41) is 1.17. The first-order valence-electron chi connectivity index (χ1n) is 10.5. The maximum Gasteiger partial charge on any atom is 0.241 e. The first kappa shape index (κ1) is 21.3. The lowest BCUT2D eigenvalue weighted by molar-refractivity contribution is -0.133. The number of carbonyl (C=O) groups is 1. The molecule has 7 heteroatoms. The minimum absolute atomic E-state index is 0.161. The summed E-state index contributed by atoms with van der Waals surface area (Å²) in [4.78, 5) is 18.4. The van der Waals surface area contributed by atoms with E-state index in [2.05, 4.69) is 21.8 Å². The van der Waals surface area contributed by atoms with Gasteiger partial charge in [0.05, 0.1) is 4.90 Å². The zero-order valence-corrected chi connectivity index (χ0v) is 18.5. The van der Waals surface area contributed by atoms with Crippen molar-refractivity contribution >= 4 is 32.4 Å². The van der Waals surface area contributed by atoms with Crippen molar-refractivity contribution in [2.45, 2.75) is 31.2 Å². The van der Waals surface area contributed by atoms with E-state index in [1.165, 1.54) is 23.1 Å². The number of carbonyl (C=O) groups excluding carboxylic acids is 1. The molecule has 6 nitrogen and oxygen atoms in total. The zero-order valence-electron chi connectivity index (χ0n) is 17.7. The predicted molar refractivity (Wildman–Crippen MR) is 123 cm³/mol. The molecule has 4 rings (SSSR count). The minimum Gasteiger partial charge on any atom is -0.361 e. The Morgan fingerprint density at radius 2 is 1.77 bits per heavy atom. The maximum atomic E-state index is 13.2. The van der Waals surface area contributed by atoms with Crippen molar-refractivity contribution in [2.75, 3.05) is 13.1 Å². The Bertz CT molecular complexity index is 1210. The number of fused-ring (bicyclic) bond motifs is 1. The SMILES string of the molecule is CC(C)[C@@H](NS(=O)(=O)c1ccccc1)C(=O)N1CC=C(c2c[nH]c3ccccc23)CC1. The fourth-order valence-corrected chi connectivity index (χ4v) is 5.31. The van der Waals surface area contributed by atoms with Gasteiger partial charge in [-0.05, 0) is 36.1 Å². The van der Waals surface area contributed by atoms with E-state index in [1.807, 2.05) is 38.2 Å². The molecule has 2 N–H and O–H groups in total. The van der Waals surface area contributed by atoms with E-state index in [-0.39, 0.29) is 16.7 Å². The zero-order chi connectivity index (χ0) is 22.0. The number of nitrogens with one attached hydrogen (secondary N) is 2. The Morgan fingerprint density at radius 1 is 1.06 bits per heavy atom. The van der Waals surface area contributed by atoms with Crippen LogP contribution in [0.3, 0.4) is 0 Å². The summed E-state index contributed by atoms with van der Waals surface area (Å²) in [5.74, 6) is -0.367. The summed E-state index contributed by atoms with van der Waals surface area (Å²) in [5.41, 5.74) is 3.45. The topological polar surface area (TPSA) is 82.3 Å². The van der Waals surface area contributed by atoms with Crippen LogP contribution in [-0.4, -0.2) is 43.3 Å². The number of H-pyrrole nitrogens is 1. The van der Waals surface area contributed by atoms with E-state index in [1.54, 1.807) is 23.1 Å². The van der Waals surface area contributed by atoms with Crippen molar-refractivity contribution in [2.24, 2.45) is 5.92 Å². The Balaban J connectivity index is 1.50. The van der Waals surface area contributed by atoms with Gasteiger partial charge in [0, 0.05) is 35.8 Å². The number of amides is 1. The second-order valence-corrected chi connectivity index (χ2v) is 9.88. The third kappa shape index (κ3) is 4.43. The Kier molecular flexibility index (Phi) is 5.98. The van der Waals surface area contributed by atoms with Gasteiger partial charge in [0.1, 0.15) is 6.04 Å². The predicted octanol–water partition coefficient (Wildman–Crippen LogP) is 3.79. The van der Waals surface area contributed by atoms with Gasteiger partial charge in [0.2, 0.25) is 15.9 Å². The van der Waals surface area contributed by atoms with Crippen LogP contribution in [0.5, 0.6) is 0 Å². The summed E-state index contributed by atoms with van der Waals surface area (Å²) in [6.45, 7) is 4.73. The summed E-state index contributed by atoms with van der Waals surface area (Å²) < 4.78 is 28.2. The standard InChI is InChI=1S/C24H27N3O3S/c1-17(2)23(26-31(29,30)19-8-4-3-5-9-19)24(28)27-14-12-18(13-15-27)21-16-25-22-11-7-6-10-20(21)22/h3-12,16-17,23,25-26H,13-15H2,1-2H3/t23-/m1/s1. The molecule has 1 aliphatic rings. The molecule has 0 saturated heterocycles. The van der Waals surface area contributed by atoms with Crippen LogP contribution in [0.1, 0.15) is 25.8 Å². The first-order chi connectivity index (χ1) is 14.9. The van der Waals surface area contributed by atoms with Crippen LogP contribution in [0.15, 0.2) is 71.8 Å². The molecule has 0 bridgehead atoms. The van der Waals surface area contributed by atoms with Gasteiger partial charge >= 0.3 is 0 Å². The highest BCUT2D eigenvalue weighted by atomic mass is 32.2. The summed E-state index contributed by atoms with van der Waals surface area (Å²) in [6, 6.07) is 15.5. The second-order valence-electron chi connectivity index (χ2n) is 8.17. The molecule has 162 valence electrons. The summed E-state index contributed by atoms with van der Waals surface area (Å²) in [6.07, 6.45) is 4.81. The lowest BCUT2D eigenvalue weighted by Crippen LogP contribution is -2.52. The monoisotopic (exact) mass is 437 g/mol. The van der Waals surface area contributed by atoms with Gasteiger partial charge in [-0.15, -0.1) is 0 Å². The molecule has 0 fully saturated rings. The second kappa shape index (κ2) is 8.69. The van der Waals surface area contributed by atoms with Gasteiger partial charge in [-0.25, -0.2) is 8.42 Å². The third-order valence-electron chi connectivity index (χ3n) is 5.72. The molecule has 31 heavy (non-hydrogen) atoms. The number of hydrogen-bond donors (Lipinski definition) is 2. The molecule has 1 atom stereocenters. The van der Waals surface area contributed by atoms with Crippen molar-refractivity contribution in [1.29, 1.82) is 0 Å². The molecular weight excluding hydrogens is 410 g/mol. The maximum absolute atomic E-state index is 13.2. The van der Waals surface area contributed by atoms with Gasteiger partial charge < -0.3 is 9.88 Å². The Hall–Kier alpha value is -2.90. The van der Waals surface area contributed by atoms with Crippen molar-refractivity contribution in [3.63, 3.8) is 0 Å². The average molecular weight is 438 g/mol. The van der Waals surface area contributed by atoms with Crippen LogP contribution in [0, 0.1) is 5.92 Å². The normalized spacial score (nSPS) is 15.8. The van der Waals surface area contributed by atoms with Gasteiger partial charge in [-0.2, -0.15) is 4.72 Å². The quantitative estimate of drug-likeness (QED) is 0.616. The van der Waals surface area contributed by atoms with Gasteiger partial charge in [-0.1, -0.05) is 56.3 Å². The highest BCUT2D eigenvalue weighted by Gasteiger charge is 2.32. The number of aromatic nitrogens is 1. The van der Waals surface area contributed by atoms with E-state index in [0.29, 0.717) is 13.1 Å². The van der Waals surface area contributed by atoms with Crippen LogP contribution in [0.4, 0.5) is 0 Å². The first-order valence-corrected chi connectivity index (χ1v) is 12.0. The fourth-order valence-electron chi connectivity index (χ4n) is 3.95. The molecule has 0 radical (unpaired) electrons. The van der Waals surface area contributed by atoms with E-state index < -0.39 is 16.1 Å². The highest BCUT2D eigenvalue weighted by Crippen LogP contribution is 2.29. The van der Waals surface area contributed by atoms with E-state index in [4.69, 9.17) is 0 Å². The molecular formula is C24H27N3O3S. The molecule has 0 saturated carbocycles. The van der Waals surface area contributed by atoms with Crippen molar-refractivity contribution in [3.8, 4) is 0 Å². The average Bonchev–Trinajstić information content (AvgIpc) is 3.22. The molecule has 3 aromatic rings. The van der Waals surface area contributed by atoms with Crippen molar-refractivity contribution < 1.29 is 13.2 Å².